The van der Waals surface area contributed by atoms with E-state index >= 15 is 0 Å². The number of amides is 2. The standard InChI is InChI=1S/C21H24N4O2/c1-16(18-7-11-20(27-3)12-8-18)23-21(26)24(2)15-17-5-9-19(10-6-17)25-14-4-13-22-25/h4-14,16H,15H2,1-3H3,(H,23,26)/t16-/m1/s1. The summed E-state index contributed by atoms with van der Waals surface area (Å²) in [6.45, 7) is 2.49. The lowest BCUT2D eigenvalue weighted by atomic mass is 10.1. The first-order valence-electron chi connectivity index (χ1n) is 8.81. The third-order valence-corrected chi connectivity index (χ3v) is 4.43. The summed E-state index contributed by atoms with van der Waals surface area (Å²) in [7, 11) is 3.42. The maximum Gasteiger partial charge on any atom is 0.317 e. The van der Waals surface area contributed by atoms with Gasteiger partial charge in [0.2, 0.25) is 0 Å². The fourth-order valence-corrected chi connectivity index (χ4v) is 2.79. The Bertz CT molecular complexity index is 858. The fourth-order valence-electron chi connectivity index (χ4n) is 2.79. The molecule has 6 nitrogen and oxygen atoms in total. The SMILES string of the molecule is COc1ccc([C@@H](C)NC(=O)N(C)Cc2ccc(-n3cccn3)cc2)cc1. The van der Waals surface area contributed by atoms with Crippen LogP contribution < -0.4 is 10.1 Å². The van der Waals surface area contributed by atoms with Gasteiger partial charge in [-0.1, -0.05) is 24.3 Å². The Balaban J connectivity index is 1.56. The summed E-state index contributed by atoms with van der Waals surface area (Å²) in [6.07, 6.45) is 3.64. The van der Waals surface area contributed by atoms with Gasteiger partial charge in [-0.2, -0.15) is 5.10 Å². The third kappa shape index (κ3) is 4.67. The second-order valence-electron chi connectivity index (χ2n) is 6.42. The molecule has 0 saturated heterocycles. The summed E-state index contributed by atoms with van der Waals surface area (Å²) >= 11 is 0. The van der Waals surface area contributed by atoms with Crippen LogP contribution >= 0.6 is 0 Å². The third-order valence-electron chi connectivity index (χ3n) is 4.43. The predicted molar refractivity (Wildman–Crippen MR) is 105 cm³/mol. The number of nitrogens with zero attached hydrogens (tertiary/aromatic N) is 3. The zero-order chi connectivity index (χ0) is 19.2. The van der Waals surface area contributed by atoms with Gasteiger partial charge < -0.3 is 15.0 Å². The summed E-state index contributed by atoms with van der Waals surface area (Å²) in [5, 5.41) is 7.23. The Morgan fingerprint density at radius 1 is 1.19 bits per heavy atom. The lowest BCUT2D eigenvalue weighted by Crippen LogP contribution is -2.38. The summed E-state index contributed by atoms with van der Waals surface area (Å²) in [5.74, 6) is 0.799. The van der Waals surface area contributed by atoms with E-state index in [1.54, 1.807) is 29.9 Å². The van der Waals surface area contributed by atoms with Crippen LogP contribution in [0.4, 0.5) is 4.79 Å². The molecule has 2 aromatic carbocycles. The van der Waals surface area contributed by atoms with E-state index in [2.05, 4.69) is 10.4 Å². The molecule has 1 heterocycles. The van der Waals surface area contributed by atoms with Gasteiger partial charge in [0.15, 0.2) is 0 Å². The quantitative estimate of drug-likeness (QED) is 0.724. The van der Waals surface area contributed by atoms with Gasteiger partial charge in [0.1, 0.15) is 5.75 Å². The van der Waals surface area contributed by atoms with Crippen LogP contribution in [-0.2, 0) is 6.54 Å². The largest absolute Gasteiger partial charge is 0.497 e. The molecular formula is C21H24N4O2. The molecule has 3 aromatic rings. The number of hydrogen-bond acceptors (Lipinski definition) is 3. The highest BCUT2D eigenvalue weighted by Crippen LogP contribution is 2.17. The number of rotatable bonds is 6. The van der Waals surface area contributed by atoms with E-state index in [0.717, 1.165) is 22.6 Å². The molecule has 0 aliphatic heterocycles. The van der Waals surface area contributed by atoms with Crippen LogP contribution in [-0.4, -0.2) is 34.9 Å². The molecule has 1 aromatic heterocycles. The molecular weight excluding hydrogens is 340 g/mol. The molecule has 0 radical (unpaired) electrons. The molecule has 27 heavy (non-hydrogen) atoms. The number of carbonyl (C=O) groups excluding carboxylic acids is 1. The van der Waals surface area contributed by atoms with Crippen molar-refractivity contribution in [1.82, 2.24) is 20.0 Å². The maximum absolute atomic E-state index is 12.5. The average molecular weight is 364 g/mol. The van der Waals surface area contributed by atoms with Gasteiger partial charge in [-0.15, -0.1) is 0 Å². The molecule has 1 atom stereocenters. The van der Waals surface area contributed by atoms with Crippen LogP contribution in [0.2, 0.25) is 0 Å². The minimum Gasteiger partial charge on any atom is -0.497 e. The first-order chi connectivity index (χ1) is 13.1. The summed E-state index contributed by atoms with van der Waals surface area (Å²) in [4.78, 5) is 14.2. The lowest BCUT2D eigenvalue weighted by Gasteiger charge is -2.22. The van der Waals surface area contributed by atoms with E-state index in [9.17, 15) is 4.79 Å². The molecule has 1 N–H and O–H groups in total. The first kappa shape index (κ1) is 18.5. The first-order valence-corrected chi connectivity index (χ1v) is 8.81. The van der Waals surface area contributed by atoms with Crippen LogP contribution in [0.25, 0.3) is 5.69 Å². The van der Waals surface area contributed by atoms with Gasteiger partial charge in [0.05, 0.1) is 18.8 Å². The number of urea groups is 1. The van der Waals surface area contributed by atoms with Gasteiger partial charge >= 0.3 is 6.03 Å². The minimum absolute atomic E-state index is 0.0898. The number of nitrogens with one attached hydrogen (secondary N) is 1. The summed E-state index contributed by atoms with van der Waals surface area (Å²) in [5.41, 5.74) is 3.07. The molecule has 0 spiro atoms. The molecule has 6 heteroatoms. The number of ether oxygens (including phenoxy) is 1. The highest BCUT2D eigenvalue weighted by Gasteiger charge is 2.14. The van der Waals surface area contributed by atoms with Crippen LogP contribution in [0, 0.1) is 0 Å². The monoisotopic (exact) mass is 364 g/mol. The summed E-state index contributed by atoms with van der Waals surface area (Å²) in [6, 6.07) is 17.4. The highest BCUT2D eigenvalue weighted by molar-refractivity contribution is 5.74. The number of benzene rings is 2. The van der Waals surface area contributed by atoms with Crippen molar-refractivity contribution in [3.63, 3.8) is 0 Å². The molecule has 0 unspecified atom stereocenters. The maximum atomic E-state index is 12.5. The van der Waals surface area contributed by atoms with Crippen LogP contribution in [0.3, 0.4) is 0 Å². The van der Waals surface area contributed by atoms with E-state index < -0.39 is 0 Å². The van der Waals surface area contributed by atoms with E-state index in [-0.39, 0.29) is 12.1 Å². The zero-order valence-corrected chi connectivity index (χ0v) is 15.8. The second-order valence-corrected chi connectivity index (χ2v) is 6.42. The molecule has 0 saturated carbocycles. The van der Waals surface area contributed by atoms with E-state index in [4.69, 9.17) is 4.74 Å². The highest BCUT2D eigenvalue weighted by atomic mass is 16.5. The number of hydrogen-bond donors (Lipinski definition) is 1. The Hall–Kier alpha value is -3.28. The van der Waals surface area contributed by atoms with Gasteiger partial charge in [-0.05, 0) is 48.4 Å². The van der Waals surface area contributed by atoms with Crippen molar-refractivity contribution < 1.29 is 9.53 Å². The Labute approximate surface area is 159 Å². The molecule has 2 amide bonds. The minimum atomic E-state index is -0.116. The molecule has 0 aliphatic rings. The molecule has 0 fully saturated rings. The van der Waals surface area contributed by atoms with E-state index in [0.29, 0.717) is 6.54 Å². The summed E-state index contributed by atoms with van der Waals surface area (Å²) < 4.78 is 6.97. The van der Waals surface area contributed by atoms with Gasteiger partial charge in [0.25, 0.3) is 0 Å². The number of aromatic nitrogens is 2. The Morgan fingerprint density at radius 2 is 1.89 bits per heavy atom. The topological polar surface area (TPSA) is 59.4 Å². The van der Waals surface area contributed by atoms with Crippen molar-refractivity contribution >= 4 is 6.03 Å². The Morgan fingerprint density at radius 3 is 2.48 bits per heavy atom. The van der Waals surface area contributed by atoms with Crippen molar-refractivity contribution in [3.8, 4) is 11.4 Å². The van der Waals surface area contributed by atoms with Crippen molar-refractivity contribution in [1.29, 1.82) is 0 Å². The Kier molecular flexibility index (Phi) is 5.76. The van der Waals surface area contributed by atoms with Gasteiger partial charge in [-0.25, -0.2) is 9.48 Å². The molecule has 0 bridgehead atoms. The van der Waals surface area contributed by atoms with Crippen LogP contribution in [0.5, 0.6) is 5.75 Å². The van der Waals surface area contributed by atoms with Crippen molar-refractivity contribution in [2.75, 3.05) is 14.2 Å². The lowest BCUT2D eigenvalue weighted by molar-refractivity contribution is 0.203. The second kappa shape index (κ2) is 8.40. The zero-order valence-electron chi connectivity index (χ0n) is 15.8. The molecule has 3 rings (SSSR count). The van der Waals surface area contributed by atoms with Crippen molar-refractivity contribution in [2.24, 2.45) is 0 Å². The number of methoxy groups -OCH3 is 1. The van der Waals surface area contributed by atoms with Crippen LogP contribution in [0.1, 0.15) is 24.1 Å². The van der Waals surface area contributed by atoms with Gasteiger partial charge in [0, 0.05) is 26.0 Å². The predicted octanol–water partition coefficient (Wildman–Crippen LogP) is 3.78. The van der Waals surface area contributed by atoms with Crippen molar-refractivity contribution in [2.45, 2.75) is 19.5 Å². The molecule has 140 valence electrons. The van der Waals surface area contributed by atoms with E-state index in [1.165, 1.54) is 0 Å². The van der Waals surface area contributed by atoms with Crippen LogP contribution in [0.15, 0.2) is 67.0 Å². The molecule has 0 aliphatic carbocycles. The fraction of sp³-hybridized carbons (Fsp3) is 0.238. The van der Waals surface area contributed by atoms with Gasteiger partial charge in [-0.3, -0.25) is 0 Å². The normalized spacial score (nSPS) is 11.7. The smallest absolute Gasteiger partial charge is 0.317 e. The van der Waals surface area contributed by atoms with Crippen molar-refractivity contribution in [3.05, 3.63) is 78.1 Å². The van der Waals surface area contributed by atoms with E-state index in [1.807, 2.05) is 67.7 Å². The average Bonchev–Trinajstić information content (AvgIpc) is 3.23. The number of carbonyl (C=O) groups is 1.